The molecule has 4 nitrogen and oxygen atoms in total. The zero-order chi connectivity index (χ0) is 12.0. The summed E-state index contributed by atoms with van der Waals surface area (Å²) in [4.78, 5) is 13.3. The lowest BCUT2D eigenvalue weighted by Gasteiger charge is -2.24. The smallest absolute Gasteiger partial charge is 0.319 e. The number of nitrogens with zero attached hydrogens (tertiary/aromatic N) is 2. The summed E-state index contributed by atoms with van der Waals surface area (Å²) >= 11 is 0. The van der Waals surface area contributed by atoms with E-state index >= 15 is 0 Å². The molecular weight excluding hydrogens is 204 g/mol. The van der Waals surface area contributed by atoms with E-state index < -0.39 is 0 Å². The molecule has 1 saturated carbocycles. The van der Waals surface area contributed by atoms with Crippen molar-refractivity contribution in [1.29, 1.82) is 5.26 Å². The maximum Gasteiger partial charge on any atom is 0.319 e. The number of nitriles is 1. The van der Waals surface area contributed by atoms with E-state index in [9.17, 15) is 4.79 Å². The standard InChI is InChI=1S/C12H20N2O2/c1-3-8-14(9-11(15)16-2)10-12(4-5-12)6-7-13/h3-6,8-10H2,1-2H3. The maximum absolute atomic E-state index is 11.2. The molecule has 0 heterocycles. The van der Waals surface area contributed by atoms with Gasteiger partial charge in [0.1, 0.15) is 0 Å². The summed E-state index contributed by atoms with van der Waals surface area (Å²) in [6.45, 7) is 4.18. The third-order valence-electron chi connectivity index (χ3n) is 3.09. The largest absolute Gasteiger partial charge is 0.468 e. The van der Waals surface area contributed by atoms with Crippen molar-refractivity contribution in [3.05, 3.63) is 0 Å². The number of methoxy groups -OCH3 is 1. The monoisotopic (exact) mass is 224 g/mol. The molecule has 4 heteroatoms. The number of ether oxygens (including phenoxy) is 1. The Hall–Kier alpha value is -1.08. The van der Waals surface area contributed by atoms with E-state index in [-0.39, 0.29) is 11.4 Å². The molecule has 16 heavy (non-hydrogen) atoms. The molecule has 0 saturated heterocycles. The third kappa shape index (κ3) is 3.82. The van der Waals surface area contributed by atoms with Gasteiger partial charge in [-0.2, -0.15) is 5.26 Å². The van der Waals surface area contributed by atoms with Gasteiger partial charge in [0.05, 0.1) is 19.7 Å². The average molecular weight is 224 g/mol. The second-order valence-electron chi connectivity index (χ2n) is 4.62. The fourth-order valence-electron chi connectivity index (χ4n) is 1.99. The van der Waals surface area contributed by atoms with Crippen molar-refractivity contribution in [2.45, 2.75) is 32.6 Å². The molecule has 0 spiro atoms. The summed E-state index contributed by atoms with van der Waals surface area (Å²) in [5.41, 5.74) is 0.165. The highest BCUT2D eigenvalue weighted by Gasteiger charge is 2.43. The van der Waals surface area contributed by atoms with Crippen molar-refractivity contribution >= 4 is 5.97 Å². The fourth-order valence-corrected chi connectivity index (χ4v) is 1.99. The van der Waals surface area contributed by atoms with Crippen molar-refractivity contribution in [3.63, 3.8) is 0 Å². The molecule has 1 fully saturated rings. The van der Waals surface area contributed by atoms with Gasteiger partial charge in [-0.05, 0) is 31.2 Å². The first-order valence-electron chi connectivity index (χ1n) is 5.82. The Kier molecular flexibility index (Phi) is 4.75. The second kappa shape index (κ2) is 5.86. The highest BCUT2D eigenvalue weighted by atomic mass is 16.5. The van der Waals surface area contributed by atoms with Crippen LogP contribution in [-0.2, 0) is 9.53 Å². The molecule has 1 aliphatic carbocycles. The predicted octanol–water partition coefficient (Wildman–Crippen LogP) is 1.57. The van der Waals surface area contributed by atoms with Crippen molar-refractivity contribution in [3.8, 4) is 6.07 Å². The molecule has 0 unspecified atom stereocenters. The lowest BCUT2D eigenvalue weighted by Crippen LogP contribution is -2.36. The Labute approximate surface area is 97.2 Å². The summed E-state index contributed by atoms with van der Waals surface area (Å²) in [6.07, 6.45) is 3.85. The first-order valence-corrected chi connectivity index (χ1v) is 5.82. The molecule has 0 amide bonds. The molecule has 0 aliphatic heterocycles. The van der Waals surface area contributed by atoms with Crippen LogP contribution in [-0.4, -0.2) is 37.6 Å². The van der Waals surface area contributed by atoms with Gasteiger partial charge in [-0.1, -0.05) is 6.92 Å². The Morgan fingerprint density at radius 3 is 2.69 bits per heavy atom. The maximum atomic E-state index is 11.2. The van der Waals surface area contributed by atoms with Crippen LogP contribution < -0.4 is 0 Å². The number of hydrogen-bond acceptors (Lipinski definition) is 4. The molecular formula is C12H20N2O2. The summed E-state index contributed by atoms with van der Waals surface area (Å²) in [6, 6.07) is 2.24. The normalized spacial score (nSPS) is 16.9. The van der Waals surface area contributed by atoms with Crippen LogP contribution in [0.15, 0.2) is 0 Å². The number of hydrogen-bond donors (Lipinski definition) is 0. The van der Waals surface area contributed by atoms with Crippen molar-refractivity contribution in [2.75, 3.05) is 26.7 Å². The van der Waals surface area contributed by atoms with Gasteiger partial charge in [0.15, 0.2) is 0 Å². The summed E-state index contributed by atoms with van der Waals surface area (Å²) in [5, 5.41) is 8.75. The van der Waals surface area contributed by atoms with E-state index in [2.05, 4.69) is 22.6 Å². The first kappa shape index (κ1) is 13.0. The Morgan fingerprint density at radius 2 is 2.25 bits per heavy atom. The minimum Gasteiger partial charge on any atom is -0.468 e. The van der Waals surface area contributed by atoms with Crippen LogP contribution in [0.5, 0.6) is 0 Å². The van der Waals surface area contributed by atoms with Crippen LogP contribution in [0.3, 0.4) is 0 Å². The quantitative estimate of drug-likeness (QED) is 0.616. The molecule has 0 aromatic rings. The van der Waals surface area contributed by atoms with Crippen molar-refractivity contribution < 1.29 is 9.53 Å². The highest BCUT2D eigenvalue weighted by Crippen LogP contribution is 2.49. The molecule has 1 aliphatic rings. The van der Waals surface area contributed by atoms with E-state index in [0.29, 0.717) is 13.0 Å². The van der Waals surface area contributed by atoms with E-state index in [1.807, 2.05) is 0 Å². The lowest BCUT2D eigenvalue weighted by atomic mass is 10.0. The summed E-state index contributed by atoms with van der Waals surface area (Å²) in [7, 11) is 1.41. The van der Waals surface area contributed by atoms with Crippen molar-refractivity contribution in [2.24, 2.45) is 5.41 Å². The van der Waals surface area contributed by atoms with Gasteiger partial charge in [-0.25, -0.2) is 0 Å². The Morgan fingerprint density at radius 1 is 1.56 bits per heavy atom. The predicted molar refractivity (Wildman–Crippen MR) is 60.6 cm³/mol. The topological polar surface area (TPSA) is 53.3 Å². The van der Waals surface area contributed by atoms with Crippen LogP contribution in [0, 0.1) is 16.7 Å². The minimum absolute atomic E-state index is 0.165. The van der Waals surface area contributed by atoms with Crippen molar-refractivity contribution in [1.82, 2.24) is 4.90 Å². The number of esters is 1. The van der Waals surface area contributed by atoms with Gasteiger partial charge in [-0.3, -0.25) is 9.69 Å². The van der Waals surface area contributed by atoms with Crippen LogP contribution >= 0.6 is 0 Å². The number of carbonyl (C=O) groups is 1. The Balaban J connectivity index is 2.45. The number of carbonyl (C=O) groups excluding carboxylic acids is 1. The van der Waals surface area contributed by atoms with Gasteiger partial charge in [0, 0.05) is 13.0 Å². The summed E-state index contributed by atoms with van der Waals surface area (Å²) in [5.74, 6) is -0.193. The van der Waals surface area contributed by atoms with E-state index in [1.54, 1.807) is 0 Å². The molecule has 90 valence electrons. The fraction of sp³-hybridized carbons (Fsp3) is 0.833. The van der Waals surface area contributed by atoms with Gasteiger partial charge in [-0.15, -0.1) is 0 Å². The lowest BCUT2D eigenvalue weighted by molar-refractivity contribution is -0.142. The first-order chi connectivity index (χ1) is 7.65. The van der Waals surface area contributed by atoms with Gasteiger partial charge in [0.2, 0.25) is 0 Å². The molecule has 0 bridgehead atoms. The zero-order valence-corrected chi connectivity index (χ0v) is 10.2. The second-order valence-corrected chi connectivity index (χ2v) is 4.62. The Bertz CT molecular complexity index is 279. The van der Waals surface area contributed by atoms with E-state index in [1.165, 1.54) is 7.11 Å². The zero-order valence-electron chi connectivity index (χ0n) is 10.2. The van der Waals surface area contributed by atoms with Crippen LogP contribution in [0.1, 0.15) is 32.6 Å². The highest BCUT2D eigenvalue weighted by molar-refractivity contribution is 5.71. The van der Waals surface area contributed by atoms with Gasteiger partial charge < -0.3 is 4.74 Å². The summed E-state index contributed by atoms with van der Waals surface area (Å²) < 4.78 is 4.68. The van der Waals surface area contributed by atoms with E-state index in [0.717, 1.165) is 32.4 Å². The molecule has 0 atom stereocenters. The molecule has 1 rings (SSSR count). The molecule has 0 radical (unpaired) electrons. The van der Waals surface area contributed by atoms with E-state index in [4.69, 9.17) is 5.26 Å². The molecule has 0 aromatic carbocycles. The minimum atomic E-state index is -0.193. The third-order valence-corrected chi connectivity index (χ3v) is 3.09. The van der Waals surface area contributed by atoms with Gasteiger partial charge >= 0.3 is 5.97 Å². The number of rotatable bonds is 7. The molecule has 0 N–H and O–H groups in total. The van der Waals surface area contributed by atoms with Gasteiger partial charge in [0.25, 0.3) is 0 Å². The van der Waals surface area contributed by atoms with Crippen LogP contribution in [0.4, 0.5) is 0 Å². The van der Waals surface area contributed by atoms with Crippen LogP contribution in [0.2, 0.25) is 0 Å². The SMILES string of the molecule is CCCN(CC(=O)OC)CC1(CC#N)CC1. The molecule has 0 aromatic heterocycles. The van der Waals surface area contributed by atoms with Crippen LogP contribution in [0.25, 0.3) is 0 Å². The average Bonchev–Trinajstić information content (AvgIpc) is 2.98.